The lowest BCUT2D eigenvalue weighted by molar-refractivity contribution is -0.117. The number of carbonyl (C=O) groups is 1. The molecule has 0 saturated carbocycles. The molecule has 2 aliphatic rings. The summed E-state index contributed by atoms with van der Waals surface area (Å²) in [5.74, 6) is 0.971. The highest BCUT2D eigenvalue weighted by molar-refractivity contribution is 6.01. The van der Waals surface area contributed by atoms with Crippen LogP contribution >= 0.6 is 0 Å². The summed E-state index contributed by atoms with van der Waals surface area (Å²) in [6, 6.07) is 0.254. The van der Waals surface area contributed by atoms with Crippen molar-refractivity contribution in [3.05, 3.63) is 5.56 Å². The molecule has 3 rings (SSSR count). The van der Waals surface area contributed by atoms with E-state index in [2.05, 4.69) is 26.7 Å². The van der Waals surface area contributed by atoms with Gasteiger partial charge in [0.15, 0.2) is 0 Å². The smallest absolute Gasteiger partial charge is 0.320 e. The summed E-state index contributed by atoms with van der Waals surface area (Å²) in [5.41, 5.74) is 6.76. The third-order valence-corrected chi connectivity index (χ3v) is 5.35. The van der Waals surface area contributed by atoms with Gasteiger partial charge in [-0.25, -0.2) is 0 Å². The fourth-order valence-corrected chi connectivity index (χ4v) is 3.66. The Morgan fingerprint density at radius 1 is 1.07 bits per heavy atom. The molecule has 1 aromatic heterocycles. The fraction of sp³-hybridized carbons (Fsp3) is 0.737. The number of amides is 1. The molecule has 0 aliphatic carbocycles. The highest BCUT2D eigenvalue weighted by Gasteiger charge is 2.32. The zero-order valence-corrected chi connectivity index (χ0v) is 16.8. The predicted molar refractivity (Wildman–Crippen MR) is 107 cm³/mol. The maximum absolute atomic E-state index is 12.5. The number of piperazine rings is 1. The van der Waals surface area contributed by atoms with Crippen LogP contribution in [0, 0.1) is 0 Å². The van der Waals surface area contributed by atoms with Crippen LogP contribution in [0.15, 0.2) is 0 Å². The Kier molecular flexibility index (Phi) is 7.41. The van der Waals surface area contributed by atoms with Gasteiger partial charge in [-0.1, -0.05) is 13.3 Å². The van der Waals surface area contributed by atoms with E-state index in [0.29, 0.717) is 30.4 Å². The van der Waals surface area contributed by atoms with Gasteiger partial charge in [0.05, 0.1) is 19.6 Å². The Labute approximate surface area is 166 Å². The van der Waals surface area contributed by atoms with Crippen LogP contribution in [-0.4, -0.2) is 89.8 Å². The number of hydrogen-bond acceptors (Lipinski definition) is 8. The van der Waals surface area contributed by atoms with Gasteiger partial charge in [0.2, 0.25) is 5.91 Å². The second kappa shape index (κ2) is 9.99. The van der Waals surface area contributed by atoms with Crippen LogP contribution < -0.4 is 15.4 Å². The number of aromatic nitrogens is 2. The molecule has 1 aromatic rings. The van der Waals surface area contributed by atoms with E-state index >= 15 is 0 Å². The molecule has 9 heteroatoms. The van der Waals surface area contributed by atoms with E-state index in [1.807, 2.05) is 0 Å². The molecular formula is C19H32N6O3. The summed E-state index contributed by atoms with van der Waals surface area (Å²) >= 11 is 0. The van der Waals surface area contributed by atoms with E-state index in [1.54, 1.807) is 4.90 Å². The van der Waals surface area contributed by atoms with Crippen LogP contribution in [0.4, 0.5) is 11.6 Å². The molecule has 1 saturated heterocycles. The number of fused-ring (bicyclic) bond motifs is 1. The summed E-state index contributed by atoms with van der Waals surface area (Å²) in [5, 5.41) is 9.03. The summed E-state index contributed by atoms with van der Waals surface area (Å²) in [7, 11) is 0. The highest BCUT2D eigenvalue weighted by atomic mass is 16.5. The van der Waals surface area contributed by atoms with Crippen molar-refractivity contribution in [2.45, 2.75) is 32.6 Å². The zero-order chi connectivity index (χ0) is 19.9. The molecule has 0 bridgehead atoms. The highest BCUT2D eigenvalue weighted by Crippen LogP contribution is 2.32. The summed E-state index contributed by atoms with van der Waals surface area (Å²) in [4.78, 5) is 27.5. The predicted octanol–water partition coefficient (Wildman–Crippen LogP) is 0.127. The second-order valence-corrected chi connectivity index (χ2v) is 7.38. The number of hydrogen-bond donors (Lipinski definition) is 2. The average molecular weight is 393 g/mol. The largest absolute Gasteiger partial charge is 0.463 e. The molecule has 1 amide bonds. The SMILES string of the molecule is CCCCOc1nc(N)c2c(n1)N(CCCN1CCN(CCO)CC1)C(=O)C2. The Morgan fingerprint density at radius 3 is 2.46 bits per heavy atom. The van der Waals surface area contributed by atoms with Crippen LogP contribution in [0.5, 0.6) is 6.01 Å². The third-order valence-electron chi connectivity index (χ3n) is 5.35. The summed E-state index contributed by atoms with van der Waals surface area (Å²) in [6.07, 6.45) is 3.09. The molecule has 0 unspecified atom stereocenters. The minimum Gasteiger partial charge on any atom is -0.463 e. The number of β-amino-alcohol motifs (C(OH)–C–C–N with tert-alkyl or cyclic N) is 1. The van der Waals surface area contributed by atoms with Crippen molar-refractivity contribution in [2.24, 2.45) is 0 Å². The van der Waals surface area contributed by atoms with E-state index in [9.17, 15) is 4.79 Å². The van der Waals surface area contributed by atoms with Gasteiger partial charge in [-0.2, -0.15) is 9.97 Å². The monoisotopic (exact) mass is 392 g/mol. The van der Waals surface area contributed by atoms with Crippen molar-refractivity contribution in [1.29, 1.82) is 0 Å². The quantitative estimate of drug-likeness (QED) is 0.541. The minimum atomic E-state index is 0.0227. The first kappa shape index (κ1) is 20.8. The molecule has 0 atom stereocenters. The van der Waals surface area contributed by atoms with E-state index in [4.69, 9.17) is 15.6 Å². The Morgan fingerprint density at radius 2 is 1.79 bits per heavy atom. The number of anilines is 2. The molecule has 156 valence electrons. The van der Waals surface area contributed by atoms with E-state index in [-0.39, 0.29) is 24.9 Å². The maximum atomic E-state index is 12.5. The molecule has 2 aliphatic heterocycles. The summed E-state index contributed by atoms with van der Waals surface area (Å²) < 4.78 is 5.59. The Bertz CT molecular complexity index is 663. The molecule has 3 heterocycles. The first-order chi connectivity index (χ1) is 13.6. The van der Waals surface area contributed by atoms with E-state index in [0.717, 1.165) is 58.5 Å². The lowest BCUT2D eigenvalue weighted by atomic mass is 10.2. The molecule has 0 aromatic carbocycles. The van der Waals surface area contributed by atoms with E-state index < -0.39 is 0 Å². The number of ether oxygens (including phenoxy) is 1. The van der Waals surface area contributed by atoms with Gasteiger partial charge in [0.25, 0.3) is 0 Å². The van der Waals surface area contributed by atoms with Crippen molar-refractivity contribution < 1.29 is 14.6 Å². The topological polar surface area (TPSA) is 108 Å². The van der Waals surface area contributed by atoms with Crippen LogP contribution in [0.25, 0.3) is 0 Å². The molecular weight excluding hydrogens is 360 g/mol. The van der Waals surface area contributed by atoms with Gasteiger partial charge in [-0.15, -0.1) is 0 Å². The lowest BCUT2D eigenvalue weighted by Gasteiger charge is -2.34. The van der Waals surface area contributed by atoms with Crippen LogP contribution in [-0.2, 0) is 11.2 Å². The first-order valence-electron chi connectivity index (χ1n) is 10.3. The summed E-state index contributed by atoms with van der Waals surface area (Å²) in [6.45, 7) is 9.11. The molecule has 0 radical (unpaired) electrons. The van der Waals surface area contributed by atoms with Gasteiger partial charge in [-0.05, 0) is 19.4 Å². The normalized spacial score (nSPS) is 17.9. The standard InChI is InChI=1S/C19H32N6O3/c1-2-3-13-28-19-21-17(20)15-14-16(27)25(18(15)22-19)6-4-5-23-7-9-24(10-8-23)11-12-26/h26H,2-14H2,1H3,(H2,20,21,22). The van der Waals surface area contributed by atoms with Gasteiger partial charge in [-0.3, -0.25) is 14.6 Å². The van der Waals surface area contributed by atoms with Crippen LogP contribution in [0.1, 0.15) is 31.7 Å². The van der Waals surface area contributed by atoms with Gasteiger partial charge < -0.3 is 20.5 Å². The average Bonchev–Trinajstić information content (AvgIpc) is 3.00. The second-order valence-electron chi connectivity index (χ2n) is 7.38. The number of carbonyl (C=O) groups excluding carboxylic acids is 1. The van der Waals surface area contributed by atoms with Crippen LogP contribution in [0.3, 0.4) is 0 Å². The van der Waals surface area contributed by atoms with Crippen LogP contribution in [0.2, 0.25) is 0 Å². The third kappa shape index (κ3) is 5.09. The maximum Gasteiger partial charge on any atom is 0.320 e. The van der Waals surface area contributed by atoms with Gasteiger partial charge >= 0.3 is 6.01 Å². The Balaban J connectivity index is 1.53. The lowest BCUT2D eigenvalue weighted by Crippen LogP contribution is -2.47. The molecule has 28 heavy (non-hydrogen) atoms. The molecule has 1 fully saturated rings. The number of rotatable bonds is 10. The van der Waals surface area contributed by atoms with Crippen molar-refractivity contribution in [3.63, 3.8) is 0 Å². The fourth-order valence-electron chi connectivity index (χ4n) is 3.66. The van der Waals surface area contributed by atoms with Crippen molar-refractivity contribution in [3.8, 4) is 6.01 Å². The molecule has 9 nitrogen and oxygen atoms in total. The number of aliphatic hydroxyl groups excluding tert-OH is 1. The number of nitrogen functional groups attached to an aromatic ring is 1. The van der Waals surface area contributed by atoms with Crippen molar-refractivity contribution in [1.82, 2.24) is 19.8 Å². The van der Waals surface area contributed by atoms with Crippen molar-refractivity contribution in [2.75, 3.05) is 69.7 Å². The number of nitrogens with zero attached hydrogens (tertiary/aromatic N) is 5. The molecule has 0 spiro atoms. The van der Waals surface area contributed by atoms with E-state index in [1.165, 1.54) is 0 Å². The first-order valence-corrected chi connectivity index (χ1v) is 10.3. The molecule has 3 N–H and O–H groups in total. The number of unbranched alkanes of at least 4 members (excludes halogenated alkanes) is 1. The zero-order valence-electron chi connectivity index (χ0n) is 16.8. The minimum absolute atomic E-state index is 0.0227. The van der Waals surface area contributed by atoms with Gasteiger partial charge in [0.1, 0.15) is 11.6 Å². The number of nitrogens with two attached hydrogens (primary N) is 1. The van der Waals surface area contributed by atoms with Crippen molar-refractivity contribution >= 4 is 17.5 Å². The van der Waals surface area contributed by atoms with Gasteiger partial charge in [0, 0.05) is 44.8 Å². The number of aliphatic hydroxyl groups is 1. The Hall–Kier alpha value is -1.97.